The third kappa shape index (κ3) is 3.55. The highest BCUT2D eigenvalue weighted by molar-refractivity contribution is 6.08. The predicted molar refractivity (Wildman–Crippen MR) is 87.7 cm³/mol. The molecule has 0 aliphatic carbocycles. The number of aromatic nitrogens is 1. The molecule has 1 heterocycles. The van der Waals surface area contributed by atoms with Crippen molar-refractivity contribution in [1.82, 2.24) is 4.98 Å². The largest absolute Gasteiger partial charge is 0.497 e. The Morgan fingerprint density at radius 2 is 1.80 bits per heavy atom. The molecule has 0 radical (unpaired) electrons. The van der Waals surface area contributed by atoms with Crippen molar-refractivity contribution in [2.45, 2.75) is 6.18 Å². The number of carbonyl (C=O) groups excluding carboxylic acids is 1. The second kappa shape index (κ2) is 6.43. The Balaban J connectivity index is 1.91. The number of benzene rings is 2. The molecule has 1 N–H and O–H groups in total. The molecule has 0 aliphatic rings. The van der Waals surface area contributed by atoms with Gasteiger partial charge in [-0.05, 0) is 42.5 Å². The molecule has 0 saturated heterocycles. The third-order valence-corrected chi connectivity index (χ3v) is 3.67. The fourth-order valence-electron chi connectivity index (χ4n) is 2.37. The van der Waals surface area contributed by atoms with E-state index in [2.05, 4.69) is 10.3 Å². The number of halogens is 3. The minimum atomic E-state index is -4.45. The number of hydrogen-bond donors (Lipinski definition) is 1. The lowest BCUT2D eigenvalue weighted by molar-refractivity contribution is -0.137. The molecule has 3 aromatic rings. The van der Waals surface area contributed by atoms with Crippen LogP contribution >= 0.6 is 0 Å². The Morgan fingerprint density at radius 3 is 2.44 bits per heavy atom. The summed E-state index contributed by atoms with van der Waals surface area (Å²) in [5.74, 6) is 0.237. The van der Waals surface area contributed by atoms with Gasteiger partial charge in [-0.2, -0.15) is 13.2 Å². The Labute approximate surface area is 141 Å². The van der Waals surface area contributed by atoms with Crippen molar-refractivity contribution in [3.05, 3.63) is 65.9 Å². The lowest BCUT2D eigenvalue weighted by atomic mass is 10.1. The SMILES string of the molecule is COc1ccc(C(=O)Nc2ccnc3cc(C(F)(F)F)ccc23)cc1. The van der Waals surface area contributed by atoms with Crippen molar-refractivity contribution < 1.29 is 22.7 Å². The van der Waals surface area contributed by atoms with E-state index < -0.39 is 11.7 Å². The molecule has 0 saturated carbocycles. The van der Waals surface area contributed by atoms with Crippen molar-refractivity contribution >= 4 is 22.5 Å². The van der Waals surface area contributed by atoms with Crippen molar-refractivity contribution in [2.75, 3.05) is 12.4 Å². The van der Waals surface area contributed by atoms with E-state index in [-0.39, 0.29) is 11.4 Å². The molecular weight excluding hydrogens is 333 g/mol. The molecule has 1 amide bonds. The van der Waals surface area contributed by atoms with Gasteiger partial charge in [0.25, 0.3) is 5.91 Å². The smallest absolute Gasteiger partial charge is 0.416 e. The van der Waals surface area contributed by atoms with E-state index in [1.165, 1.54) is 25.4 Å². The fraction of sp³-hybridized carbons (Fsp3) is 0.111. The normalized spacial score (nSPS) is 11.4. The molecule has 0 spiro atoms. The van der Waals surface area contributed by atoms with Gasteiger partial charge >= 0.3 is 6.18 Å². The lowest BCUT2D eigenvalue weighted by Gasteiger charge is -2.11. The van der Waals surface area contributed by atoms with Gasteiger partial charge < -0.3 is 10.1 Å². The molecule has 2 aromatic carbocycles. The molecule has 0 bridgehead atoms. The fourth-order valence-corrected chi connectivity index (χ4v) is 2.37. The molecule has 25 heavy (non-hydrogen) atoms. The summed E-state index contributed by atoms with van der Waals surface area (Å²) in [4.78, 5) is 16.3. The summed E-state index contributed by atoms with van der Waals surface area (Å²) in [6.07, 6.45) is -3.09. The maximum absolute atomic E-state index is 12.8. The number of methoxy groups -OCH3 is 1. The van der Waals surface area contributed by atoms with Gasteiger partial charge in [0.1, 0.15) is 5.75 Å². The number of nitrogens with zero attached hydrogens (tertiary/aromatic N) is 1. The first kappa shape index (κ1) is 16.8. The summed E-state index contributed by atoms with van der Waals surface area (Å²) >= 11 is 0. The monoisotopic (exact) mass is 346 g/mol. The standard InChI is InChI=1S/C18H13F3N2O2/c1-25-13-5-2-11(3-6-13)17(24)23-15-8-9-22-16-10-12(18(19,20)21)4-7-14(15)16/h2-10H,1H3,(H,22,23,24). The van der Waals surface area contributed by atoms with Gasteiger partial charge in [0.15, 0.2) is 0 Å². The molecule has 128 valence electrons. The first-order valence-corrected chi connectivity index (χ1v) is 7.30. The van der Waals surface area contributed by atoms with Gasteiger partial charge in [-0.15, -0.1) is 0 Å². The number of anilines is 1. The zero-order chi connectivity index (χ0) is 18.0. The highest BCUT2D eigenvalue weighted by atomic mass is 19.4. The first-order chi connectivity index (χ1) is 11.9. The van der Waals surface area contributed by atoms with E-state index in [0.29, 0.717) is 22.4 Å². The molecular formula is C18H13F3N2O2. The van der Waals surface area contributed by atoms with Crippen molar-refractivity contribution in [3.8, 4) is 5.75 Å². The summed E-state index contributed by atoms with van der Waals surface area (Å²) in [6, 6.07) is 11.3. The number of pyridine rings is 1. The number of alkyl halides is 3. The Kier molecular flexibility index (Phi) is 4.31. The molecule has 7 heteroatoms. The Hall–Kier alpha value is -3.09. The van der Waals surface area contributed by atoms with Crippen molar-refractivity contribution in [2.24, 2.45) is 0 Å². The minimum absolute atomic E-state index is 0.155. The number of rotatable bonds is 3. The van der Waals surface area contributed by atoms with Crippen LogP contribution < -0.4 is 10.1 Å². The van der Waals surface area contributed by atoms with Gasteiger partial charge in [0.05, 0.1) is 23.9 Å². The Morgan fingerprint density at radius 1 is 1.08 bits per heavy atom. The van der Waals surface area contributed by atoms with Gasteiger partial charge in [0, 0.05) is 17.1 Å². The minimum Gasteiger partial charge on any atom is -0.497 e. The van der Waals surface area contributed by atoms with Crippen LogP contribution in [-0.4, -0.2) is 18.0 Å². The summed E-state index contributed by atoms with van der Waals surface area (Å²) < 4.78 is 43.4. The average Bonchev–Trinajstić information content (AvgIpc) is 2.61. The van der Waals surface area contributed by atoms with E-state index in [0.717, 1.165) is 12.1 Å². The quantitative estimate of drug-likeness (QED) is 0.759. The topological polar surface area (TPSA) is 51.2 Å². The van der Waals surface area contributed by atoms with E-state index in [1.807, 2.05) is 0 Å². The number of carbonyl (C=O) groups is 1. The van der Waals surface area contributed by atoms with Crippen LogP contribution in [-0.2, 0) is 6.18 Å². The van der Waals surface area contributed by atoms with E-state index in [1.54, 1.807) is 24.3 Å². The number of amides is 1. The summed E-state index contributed by atoms with van der Waals surface area (Å²) in [5.41, 5.74) is 0.158. The molecule has 0 aliphatic heterocycles. The van der Waals surface area contributed by atoms with Gasteiger partial charge in [-0.1, -0.05) is 6.07 Å². The lowest BCUT2D eigenvalue weighted by Crippen LogP contribution is -2.12. The van der Waals surface area contributed by atoms with Crippen LogP contribution in [0, 0.1) is 0 Å². The summed E-state index contributed by atoms with van der Waals surface area (Å²) in [5, 5.41) is 3.12. The summed E-state index contributed by atoms with van der Waals surface area (Å²) in [7, 11) is 1.52. The van der Waals surface area contributed by atoms with Crippen LogP contribution in [0.5, 0.6) is 5.75 Å². The van der Waals surface area contributed by atoms with Crippen LogP contribution in [0.1, 0.15) is 15.9 Å². The predicted octanol–water partition coefficient (Wildman–Crippen LogP) is 4.51. The number of hydrogen-bond acceptors (Lipinski definition) is 3. The zero-order valence-corrected chi connectivity index (χ0v) is 13.1. The molecule has 3 rings (SSSR count). The Bertz CT molecular complexity index is 922. The van der Waals surface area contributed by atoms with Crippen LogP contribution in [0.3, 0.4) is 0 Å². The molecule has 0 atom stereocenters. The molecule has 4 nitrogen and oxygen atoms in total. The van der Waals surface area contributed by atoms with Crippen LogP contribution in [0.25, 0.3) is 10.9 Å². The molecule has 0 unspecified atom stereocenters. The van der Waals surface area contributed by atoms with Crippen LogP contribution in [0.15, 0.2) is 54.7 Å². The maximum atomic E-state index is 12.8. The van der Waals surface area contributed by atoms with Crippen LogP contribution in [0.4, 0.5) is 18.9 Å². The molecule has 0 fully saturated rings. The second-order valence-corrected chi connectivity index (χ2v) is 5.27. The number of nitrogens with one attached hydrogen (secondary N) is 1. The van der Waals surface area contributed by atoms with Crippen molar-refractivity contribution in [1.29, 1.82) is 0 Å². The summed E-state index contributed by atoms with van der Waals surface area (Å²) in [6.45, 7) is 0. The number of ether oxygens (including phenoxy) is 1. The highest BCUT2D eigenvalue weighted by Crippen LogP contribution is 2.32. The second-order valence-electron chi connectivity index (χ2n) is 5.27. The average molecular weight is 346 g/mol. The molecule has 1 aromatic heterocycles. The van der Waals surface area contributed by atoms with Crippen LogP contribution in [0.2, 0.25) is 0 Å². The maximum Gasteiger partial charge on any atom is 0.416 e. The third-order valence-electron chi connectivity index (χ3n) is 3.67. The van der Waals surface area contributed by atoms with Gasteiger partial charge in [-0.3, -0.25) is 9.78 Å². The van der Waals surface area contributed by atoms with Crippen molar-refractivity contribution in [3.63, 3.8) is 0 Å². The highest BCUT2D eigenvalue weighted by Gasteiger charge is 2.30. The van der Waals surface area contributed by atoms with Gasteiger partial charge in [-0.25, -0.2) is 0 Å². The van der Waals surface area contributed by atoms with E-state index in [4.69, 9.17) is 4.74 Å². The number of fused-ring (bicyclic) bond motifs is 1. The van der Waals surface area contributed by atoms with E-state index in [9.17, 15) is 18.0 Å². The van der Waals surface area contributed by atoms with E-state index >= 15 is 0 Å². The first-order valence-electron chi connectivity index (χ1n) is 7.30. The zero-order valence-electron chi connectivity index (χ0n) is 13.1. The van der Waals surface area contributed by atoms with Gasteiger partial charge in [0.2, 0.25) is 0 Å².